The summed E-state index contributed by atoms with van der Waals surface area (Å²) in [6, 6.07) is 16.8. The van der Waals surface area contributed by atoms with Gasteiger partial charge in [0.1, 0.15) is 0 Å². The molecule has 0 saturated carbocycles. The molecule has 2 aromatic carbocycles. The zero-order valence-electron chi connectivity index (χ0n) is 18.0. The molecule has 0 saturated heterocycles. The number of benzene rings is 2. The molecule has 0 spiro atoms. The van der Waals surface area contributed by atoms with Gasteiger partial charge in [-0.25, -0.2) is 4.63 Å². The number of aryl methyl sites for hydroxylation is 1. The first-order chi connectivity index (χ1) is 16.5. The predicted molar refractivity (Wildman–Crippen MR) is 125 cm³/mol. The molecule has 0 bridgehead atoms. The lowest BCUT2D eigenvalue weighted by Gasteiger charge is -2.11. The van der Waals surface area contributed by atoms with Gasteiger partial charge in [0.25, 0.3) is 5.91 Å². The van der Waals surface area contributed by atoms with Crippen molar-refractivity contribution in [2.45, 2.75) is 17.6 Å². The number of carbonyl (C=O) groups excluding carboxylic acids is 1. The molecule has 2 heterocycles. The number of amides is 1. The van der Waals surface area contributed by atoms with Crippen LogP contribution in [0, 0.1) is 18.3 Å². The molecule has 0 radical (unpaired) electrons. The molecule has 0 aliphatic carbocycles. The Morgan fingerprint density at radius 2 is 1.91 bits per heavy atom. The van der Waals surface area contributed by atoms with Crippen LogP contribution in [0.3, 0.4) is 0 Å². The number of aromatic nitrogens is 5. The zero-order chi connectivity index (χ0) is 24.1. The predicted octanol–water partition coefficient (Wildman–Crippen LogP) is 2.61. The third-order valence-electron chi connectivity index (χ3n) is 4.76. The van der Waals surface area contributed by atoms with Crippen molar-refractivity contribution in [1.29, 1.82) is 5.26 Å². The summed E-state index contributed by atoms with van der Waals surface area (Å²) < 4.78 is 6.01. The maximum Gasteiger partial charge on any atom is 0.292 e. The topological polar surface area (TPSA) is 161 Å². The monoisotopic (exact) mass is 473 g/mol. The highest BCUT2D eigenvalue weighted by atomic mass is 32.2. The number of anilines is 1. The summed E-state index contributed by atoms with van der Waals surface area (Å²) in [5, 5.41) is 24.3. The van der Waals surface area contributed by atoms with E-state index in [9.17, 15) is 4.79 Å². The molecule has 1 amide bonds. The van der Waals surface area contributed by atoms with E-state index in [-0.39, 0.29) is 17.3 Å². The average Bonchev–Trinajstić information content (AvgIpc) is 3.47. The number of nitrogen functional groups attached to an aromatic ring is 1. The third kappa shape index (κ3) is 4.89. The first kappa shape index (κ1) is 22.6. The first-order valence-corrected chi connectivity index (χ1v) is 10.9. The molecule has 4 aromatic rings. The van der Waals surface area contributed by atoms with Gasteiger partial charge in [0.05, 0.1) is 23.0 Å². The van der Waals surface area contributed by atoms with Gasteiger partial charge in [-0.15, -0.1) is 16.9 Å². The minimum Gasteiger partial charge on any atom is -0.378 e. The van der Waals surface area contributed by atoms with E-state index >= 15 is 0 Å². The standard InChI is InChI=1S/C22H19N9O2S/c1-13-3-9-17(10-4-13)34-12-18-19(26-30-31(18)21-20(24)28-33-29-21)22(32)27-25-14(2)16-7-5-15(11-23)6-8-16/h3-10,25H,2,12H2,1H3,(H2,24,28)(H,27,32). The minimum absolute atomic E-state index is 0.0192. The molecule has 4 rings (SSSR count). The second kappa shape index (κ2) is 9.88. The van der Waals surface area contributed by atoms with E-state index in [1.54, 1.807) is 24.3 Å². The van der Waals surface area contributed by atoms with Crippen molar-refractivity contribution in [3.8, 4) is 11.9 Å². The lowest BCUT2D eigenvalue weighted by molar-refractivity contribution is 0.0936. The van der Waals surface area contributed by atoms with Gasteiger partial charge in [-0.3, -0.25) is 15.6 Å². The van der Waals surface area contributed by atoms with E-state index in [0.717, 1.165) is 10.5 Å². The molecule has 34 heavy (non-hydrogen) atoms. The first-order valence-electron chi connectivity index (χ1n) is 9.94. The highest BCUT2D eigenvalue weighted by molar-refractivity contribution is 7.98. The molecule has 0 fully saturated rings. The van der Waals surface area contributed by atoms with Crippen LogP contribution in [0.5, 0.6) is 0 Å². The highest BCUT2D eigenvalue weighted by Crippen LogP contribution is 2.26. The average molecular weight is 474 g/mol. The quantitative estimate of drug-likeness (QED) is 0.256. The van der Waals surface area contributed by atoms with Crippen LogP contribution in [-0.4, -0.2) is 31.2 Å². The van der Waals surface area contributed by atoms with Crippen LogP contribution < -0.4 is 16.6 Å². The van der Waals surface area contributed by atoms with Crippen LogP contribution in [0.4, 0.5) is 5.82 Å². The second-order valence-electron chi connectivity index (χ2n) is 7.12. The summed E-state index contributed by atoms with van der Waals surface area (Å²) in [7, 11) is 0. The Morgan fingerprint density at radius 3 is 2.56 bits per heavy atom. The van der Waals surface area contributed by atoms with Crippen molar-refractivity contribution < 1.29 is 9.42 Å². The molecular formula is C22H19N9O2S. The fourth-order valence-electron chi connectivity index (χ4n) is 2.91. The van der Waals surface area contributed by atoms with E-state index in [0.29, 0.717) is 28.3 Å². The normalized spacial score (nSPS) is 10.5. The molecule has 0 aliphatic heterocycles. The van der Waals surface area contributed by atoms with Gasteiger partial charge in [0.15, 0.2) is 5.69 Å². The fourth-order valence-corrected chi connectivity index (χ4v) is 3.80. The lowest BCUT2D eigenvalue weighted by Crippen LogP contribution is -2.36. The molecule has 11 nitrogen and oxygen atoms in total. The lowest BCUT2D eigenvalue weighted by atomic mass is 10.1. The summed E-state index contributed by atoms with van der Waals surface area (Å²) in [6.07, 6.45) is 0. The van der Waals surface area contributed by atoms with E-state index in [2.05, 4.69) is 48.8 Å². The van der Waals surface area contributed by atoms with Crippen molar-refractivity contribution >= 4 is 29.2 Å². The van der Waals surface area contributed by atoms with E-state index in [1.165, 1.54) is 16.4 Å². The summed E-state index contributed by atoms with van der Waals surface area (Å²) in [6.45, 7) is 5.92. The van der Waals surface area contributed by atoms with Crippen molar-refractivity contribution in [3.63, 3.8) is 0 Å². The Labute approximate surface area is 198 Å². The summed E-state index contributed by atoms with van der Waals surface area (Å²) >= 11 is 1.50. The van der Waals surface area contributed by atoms with Crippen molar-refractivity contribution in [2.75, 3.05) is 5.73 Å². The van der Waals surface area contributed by atoms with Gasteiger partial charge >= 0.3 is 0 Å². The van der Waals surface area contributed by atoms with E-state index in [1.807, 2.05) is 31.2 Å². The SMILES string of the molecule is C=C(NNC(=O)c1nnn(-c2nonc2N)c1CSc1ccc(C)cc1)c1ccc(C#N)cc1. The maximum atomic E-state index is 13.0. The molecule has 0 unspecified atom stereocenters. The number of hydrogen-bond acceptors (Lipinski definition) is 10. The molecule has 4 N–H and O–H groups in total. The van der Waals surface area contributed by atoms with Crippen LogP contribution in [0.25, 0.3) is 11.5 Å². The number of hydrazine groups is 1. The van der Waals surface area contributed by atoms with Crippen molar-refractivity contribution in [3.05, 3.63) is 83.2 Å². The molecule has 0 atom stereocenters. The van der Waals surface area contributed by atoms with E-state index in [4.69, 9.17) is 11.0 Å². The summed E-state index contributed by atoms with van der Waals surface area (Å²) in [4.78, 5) is 14.0. The van der Waals surface area contributed by atoms with Crippen LogP contribution in [-0.2, 0) is 5.75 Å². The number of hydrogen-bond donors (Lipinski definition) is 3. The van der Waals surface area contributed by atoms with Gasteiger partial charge in [0, 0.05) is 10.6 Å². The Balaban J connectivity index is 1.53. The maximum absolute atomic E-state index is 13.0. The smallest absolute Gasteiger partial charge is 0.292 e. The van der Waals surface area contributed by atoms with Gasteiger partial charge in [0.2, 0.25) is 11.6 Å². The van der Waals surface area contributed by atoms with Crippen molar-refractivity contribution in [2.24, 2.45) is 0 Å². The van der Waals surface area contributed by atoms with Crippen molar-refractivity contribution in [1.82, 2.24) is 36.2 Å². The number of nitrogens with two attached hydrogens (primary N) is 1. The number of nitrogens with one attached hydrogen (secondary N) is 2. The zero-order valence-corrected chi connectivity index (χ0v) is 18.8. The van der Waals surface area contributed by atoms with Crippen LogP contribution in [0.2, 0.25) is 0 Å². The van der Waals surface area contributed by atoms with Gasteiger partial charge in [-0.1, -0.05) is 41.6 Å². The van der Waals surface area contributed by atoms with E-state index < -0.39 is 5.91 Å². The number of nitriles is 1. The number of carbonyl (C=O) groups is 1. The minimum atomic E-state index is -0.532. The molecule has 0 aliphatic rings. The Bertz CT molecular complexity index is 1370. The number of thioether (sulfide) groups is 1. The third-order valence-corrected chi connectivity index (χ3v) is 5.78. The molecule has 2 aromatic heterocycles. The van der Waals surface area contributed by atoms with Gasteiger partial charge in [-0.2, -0.15) is 9.94 Å². The Kier molecular flexibility index (Phi) is 6.56. The largest absolute Gasteiger partial charge is 0.378 e. The Morgan fingerprint density at radius 1 is 1.18 bits per heavy atom. The van der Waals surface area contributed by atoms with Crippen LogP contribution in [0.1, 0.15) is 32.9 Å². The number of rotatable bonds is 8. The fraction of sp³-hybridized carbons (Fsp3) is 0.0909. The highest BCUT2D eigenvalue weighted by Gasteiger charge is 2.24. The summed E-state index contributed by atoms with van der Waals surface area (Å²) in [5.41, 5.74) is 14.5. The number of nitrogens with zero attached hydrogens (tertiary/aromatic N) is 6. The van der Waals surface area contributed by atoms with Gasteiger partial charge < -0.3 is 5.73 Å². The Hall–Kier alpha value is -4.63. The second-order valence-corrected chi connectivity index (χ2v) is 8.17. The molecular weight excluding hydrogens is 454 g/mol. The molecule has 12 heteroatoms. The van der Waals surface area contributed by atoms with Gasteiger partial charge in [-0.05, 0) is 47.1 Å². The summed E-state index contributed by atoms with van der Waals surface area (Å²) in [5.74, 6) is -0.0239. The van der Waals surface area contributed by atoms with Crippen LogP contribution >= 0.6 is 11.8 Å². The van der Waals surface area contributed by atoms with Crippen LogP contribution in [0.15, 0.2) is 64.6 Å². The molecule has 170 valence electrons.